The van der Waals surface area contributed by atoms with E-state index in [-0.39, 0.29) is 30.6 Å². The van der Waals surface area contributed by atoms with E-state index in [0.717, 1.165) is 17.5 Å². The van der Waals surface area contributed by atoms with Crippen LogP contribution in [-0.4, -0.2) is 39.7 Å². The zero-order valence-electron chi connectivity index (χ0n) is 15.2. The number of nitrogens with zero attached hydrogens (tertiary/aromatic N) is 2. The molecular weight excluding hydrogens is 350 g/mol. The number of carbonyl (C=O) groups is 1. The quantitative estimate of drug-likeness (QED) is 0.759. The predicted octanol–water partition coefficient (Wildman–Crippen LogP) is 3.69. The Hall–Kier alpha value is -2.47. The van der Waals surface area contributed by atoms with Crippen LogP contribution in [0.1, 0.15) is 19.8 Å². The molecule has 6 heteroatoms. The van der Waals surface area contributed by atoms with Gasteiger partial charge in [-0.1, -0.05) is 6.92 Å². The highest BCUT2D eigenvalue weighted by Gasteiger charge is 2.25. The van der Waals surface area contributed by atoms with Crippen molar-refractivity contribution in [3.8, 4) is 0 Å². The number of piperidine rings is 1. The van der Waals surface area contributed by atoms with Gasteiger partial charge in [-0.2, -0.15) is 0 Å². The minimum Gasteiger partial charge on any atom is -0.389 e. The number of halogens is 2. The van der Waals surface area contributed by atoms with E-state index in [1.807, 2.05) is 4.57 Å². The molecule has 0 aliphatic carbocycles. The van der Waals surface area contributed by atoms with Crippen LogP contribution in [0, 0.1) is 17.6 Å². The van der Waals surface area contributed by atoms with Gasteiger partial charge in [-0.25, -0.2) is 8.78 Å². The minimum absolute atomic E-state index is 0.0681. The molecule has 1 aliphatic rings. The van der Waals surface area contributed by atoms with Gasteiger partial charge >= 0.3 is 0 Å². The Balaban J connectivity index is 1.67. The van der Waals surface area contributed by atoms with E-state index in [0.29, 0.717) is 29.7 Å². The van der Waals surface area contributed by atoms with Crippen LogP contribution >= 0.6 is 0 Å². The van der Waals surface area contributed by atoms with Crippen LogP contribution in [0.15, 0.2) is 36.4 Å². The number of hydrogen-bond donors (Lipinski definition) is 1. The van der Waals surface area contributed by atoms with Crippen LogP contribution in [-0.2, 0) is 11.3 Å². The Morgan fingerprint density at radius 1 is 1.07 bits per heavy atom. The van der Waals surface area contributed by atoms with Crippen molar-refractivity contribution in [3.63, 3.8) is 0 Å². The Kier molecular flexibility index (Phi) is 4.60. The van der Waals surface area contributed by atoms with Crippen molar-refractivity contribution in [1.82, 2.24) is 9.47 Å². The van der Waals surface area contributed by atoms with Gasteiger partial charge in [0.2, 0.25) is 5.91 Å². The summed E-state index contributed by atoms with van der Waals surface area (Å²) >= 11 is 0. The Labute approximate surface area is 156 Å². The number of benzene rings is 2. The number of rotatable bonds is 4. The van der Waals surface area contributed by atoms with E-state index < -0.39 is 6.10 Å². The number of likely N-dealkylation sites (tertiary alicyclic amines) is 1. The maximum atomic E-state index is 13.7. The predicted molar refractivity (Wildman–Crippen MR) is 100 cm³/mol. The zero-order valence-corrected chi connectivity index (χ0v) is 15.2. The zero-order chi connectivity index (χ0) is 19.1. The largest absolute Gasteiger partial charge is 0.389 e. The van der Waals surface area contributed by atoms with Crippen LogP contribution < -0.4 is 0 Å². The summed E-state index contributed by atoms with van der Waals surface area (Å²) in [5, 5.41) is 11.9. The lowest BCUT2D eigenvalue weighted by Gasteiger charge is -2.32. The first-order valence-electron chi connectivity index (χ1n) is 9.25. The topological polar surface area (TPSA) is 45.5 Å². The van der Waals surface area contributed by atoms with Gasteiger partial charge in [0.25, 0.3) is 0 Å². The van der Waals surface area contributed by atoms with Crippen molar-refractivity contribution in [2.45, 2.75) is 32.4 Å². The fraction of sp³-hybridized carbons (Fsp3) is 0.381. The third kappa shape index (κ3) is 3.41. The van der Waals surface area contributed by atoms with Gasteiger partial charge in [-0.3, -0.25) is 4.79 Å². The molecule has 0 unspecified atom stereocenters. The Morgan fingerprint density at radius 2 is 1.67 bits per heavy atom. The number of aromatic nitrogens is 1. The van der Waals surface area contributed by atoms with Gasteiger partial charge in [0.15, 0.2) is 0 Å². The lowest BCUT2D eigenvalue weighted by Crippen LogP contribution is -2.44. The fourth-order valence-corrected chi connectivity index (χ4v) is 4.04. The van der Waals surface area contributed by atoms with Crippen molar-refractivity contribution < 1.29 is 18.7 Å². The van der Waals surface area contributed by atoms with E-state index in [1.54, 1.807) is 17.0 Å². The molecule has 2 heterocycles. The monoisotopic (exact) mass is 372 g/mol. The normalized spacial score (nSPS) is 19.2. The lowest BCUT2D eigenvalue weighted by molar-refractivity contribution is -0.136. The molecule has 2 aromatic carbocycles. The molecule has 4 nitrogen and oxygen atoms in total. The second-order valence-electron chi connectivity index (χ2n) is 7.53. The highest BCUT2D eigenvalue weighted by molar-refractivity contribution is 6.08. The van der Waals surface area contributed by atoms with Crippen molar-refractivity contribution in [3.05, 3.63) is 48.0 Å². The summed E-state index contributed by atoms with van der Waals surface area (Å²) in [4.78, 5) is 13.8. The fourth-order valence-electron chi connectivity index (χ4n) is 4.04. The van der Waals surface area contributed by atoms with E-state index in [4.69, 9.17) is 0 Å². The van der Waals surface area contributed by atoms with Gasteiger partial charge < -0.3 is 14.6 Å². The van der Waals surface area contributed by atoms with Crippen LogP contribution in [0.3, 0.4) is 0 Å². The van der Waals surface area contributed by atoms with Crippen LogP contribution in [0.25, 0.3) is 21.8 Å². The van der Waals surface area contributed by atoms with E-state index in [9.17, 15) is 18.7 Å². The molecule has 1 N–H and O–H groups in total. The average Bonchev–Trinajstić information content (AvgIpc) is 2.90. The summed E-state index contributed by atoms with van der Waals surface area (Å²) < 4.78 is 29.3. The maximum absolute atomic E-state index is 13.7. The molecule has 2 atom stereocenters. The van der Waals surface area contributed by atoms with E-state index in [2.05, 4.69) is 6.92 Å². The van der Waals surface area contributed by atoms with Gasteiger partial charge in [0.05, 0.1) is 12.6 Å². The molecule has 142 valence electrons. The summed E-state index contributed by atoms with van der Waals surface area (Å²) in [5.41, 5.74) is 1.46. The van der Waals surface area contributed by atoms with E-state index in [1.165, 1.54) is 24.3 Å². The van der Waals surface area contributed by atoms with Gasteiger partial charge in [0.1, 0.15) is 11.6 Å². The molecule has 1 aliphatic heterocycles. The van der Waals surface area contributed by atoms with Crippen molar-refractivity contribution >= 4 is 27.7 Å². The molecule has 3 aromatic rings. The molecule has 0 bridgehead atoms. The molecule has 27 heavy (non-hydrogen) atoms. The minimum atomic E-state index is -0.770. The highest BCUT2D eigenvalue weighted by atomic mass is 19.1. The number of aliphatic hydroxyl groups is 1. The van der Waals surface area contributed by atoms with Gasteiger partial charge in [-0.05, 0) is 48.7 Å². The van der Waals surface area contributed by atoms with Crippen molar-refractivity contribution in [2.24, 2.45) is 5.92 Å². The second kappa shape index (κ2) is 6.93. The summed E-state index contributed by atoms with van der Waals surface area (Å²) in [7, 11) is 0. The molecule has 1 amide bonds. The number of aliphatic hydroxyl groups excluding tert-OH is 1. The average molecular weight is 372 g/mol. The molecule has 0 spiro atoms. The number of amides is 1. The Bertz CT molecular complexity index is 955. The third-order valence-corrected chi connectivity index (χ3v) is 5.35. The molecule has 1 aromatic heterocycles. The molecule has 4 rings (SSSR count). The van der Waals surface area contributed by atoms with Crippen LogP contribution in [0.2, 0.25) is 0 Å². The molecular formula is C21H22F2N2O2. The molecule has 0 saturated carbocycles. The number of hydrogen-bond acceptors (Lipinski definition) is 2. The number of carbonyl (C=O) groups excluding carboxylic acids is 1. The second-order valence-corrected chi connectivity index (χ2v) is 7.53. The number of fused-ring (bicyclic) bond motifs is 3. The first kappa shape index (κ1) is 17.9. The SMILES string of the molecule is C[C@H]1CCC(=O)N(C[C@H](O)Cn2c3ccc(F)cc3c3cc(F)ccc32)C1. The maximum Gasteiger partial charge on any atom is 0.222 e. The number of β-amino-alcohol motifs (C(OH)–C–C–N with tert-alkyl or cyclic N) is 1. The summed E-state index contributed by atoms with van der Waals surface area (Å²) in [5.74, 6) is -0.286. The van der Waals surface area contributed by atoms with Gasteiger partial charge in [-0.15, -0.1) is 0 Å². The van der Waals surface area contributed by atoms with Crippen molar-refractivity contribution in [1.29, 1.82) is 0 Å². The van der Waals surface area contributed by atoms with Gasteiger partial charge in [0, 0.05) is 41.3 Å². The van der Waals surface area contributed by atoms with Crippen molar-refractivity contribution in [2.75, 3.05) is 13.1 Å². The third-order valence-electron chi connectivity index (χ3n) is 5.35. The summed E-state index contributed by atoms with van der Waals surface area (Å²) in [6.07, 6.45) is 0.630. The Morgan fingerprint density at radius 3 is 2.26 bits per heavy atom. The van der Waals surface area contributed by atoms with E-state index >= 15 is 0 Å². The molecule has 0 radical (unpaired) electrons. The van der Waals surface area contributed by atoms with Crippen LogP contribution in [0.5, 0.6) is 0 Å². The lowest BCUT2D eigenvalue weighted by atomic mass is 9.99. The summed E-state index contributed by atoms with van der Waals surface area (Å²) in [6, 6.07) is 8.77. The smallest absolute Gasteiger partial charge is 0.222 e. The molecule has 1 fully saturated rings. The first-order valence-corrected chi connectivity index (χ1v) is 9.25. The standard InChI is InChI=1S/C21H22F2N2O2/c1-13-2-7-21(27)24(10-13)11-16(26)12-25-19-5-3-14(22)8-17(19)18-9-15(23)4-6-20(18)25/h3-6,8-9,13,16,26H,2,7,10-12H2,1H3/t13-,16-/m0/s1. The molecule has 1 saturated heterocycles. The van der Waals surface area contributed by atoms with Crippen LogP contribution in [0.4, 0.5) is 8.78 Å². The highest BCUT2D eigenvalue weighted by Crippen LogP contribution is 2.30. The first-order chi connectivity index (χ1) is 12.9. The summed E-state index contributed by atoms with van der Waals surface area (Å²) in [6.45, 7) is 3.25.